The number of allylic oxidation sites excluding steroid dienone is 1. The highest BCUT2D eigenvalue weighted by molar-refractivity contribution is 7.90. The number of carbonyl (C=O) groups excluding carboxylic acids is 1. The van der Waals surface area contributed by atoms with Crippen LogP contribution in [-0.2, 0) is 28.7 Å². The molecule has 5 atom stereocenters. The van der Waals surface area contributed by atoms with Crippen LogP contribution in [0.2, 0.25) is 5.02 Å². The average Bonchev–Trinajstić information content (AvgIpc) is 3.05. The number of carbonyl (C=O) groups is 1. The quantitative estimate of drug-likeness (QED) is 0.313. The van der Waals surface area contributed by atoms with E-state index in [0.717, 1.165) is 48.9 Å². The number of ether oxygens (including phenoxy) is 1. The summed E-state index contributed by atoms with van der Waals surface area (Å²) in [5.74, 6) is -0.117. The Hall–Kier alpha value is -3.47. The van der Waals surface area contributed by atoms with Gasteiger partial charge in [0.05, 0.1) is 10.9 Å². The van der Waals surface area contributed by atoms with Gasteiger partial charge in [0.1, 0.15) is 18.0 Å². The molecular formula is C35H41ClN4O5S. The van der Waals surface area contributed by atoms with Crippen LogP contribution in [0.5, 0.6) is 5.75 Å². The van der Waals surface area contributed by atoms with E-state index in [4.69, 9.17) is 16.3 Å². The van der Waals surface area contributed by atoms with Crippen molar-refractivity contribution < 1.29 is 23.1 Å². The summed E-state index contributed by atoms with van der Waals surface area (Å²) in [7, 11) is -4.00. The minimum absolute atomic E-state index is 0.106. The highest BCUT2D eigenvalue weighted by Gasteiger charge is 2.48. The molecule has 0 radical (unpaired) electrons. The number of benzene rings is 2. The molecule has 0 saturated heterocycles. The Kier molecular flexibility index (Phi) is 9.41. The van der Waals surface area contributed by atoms with Crippen molar-refractivity contribution >= 4 is 33.2 Å². The fourth-order valence-electron chi connectivity index (χ4n) is 6.84. The van der Waals surface area contributed by atoms with Crippen molar-refractivity contribution in [3.05, 3.63) is 94.5 Å². The van der Waals surface area contributed by atoms with Gasteiger partial charge in [-0.05, 0) is 111 Å². The zero-order chi connectivity index (χ0) is 32.5. The number of nitrogens with one attached hydrogen (secondary N) is 1. The molecule has 1 saturated carbocycles. The normalized spacial score (nSPS) is 29.0. The van der Waals surface area contributed by atoms with Gasteiger partial charge >= 0.3 is 0 Å². The van der Waals surface area contributed by atoms with E-state index in [1.165, 1.54) is 0 Å². The van der Waals surface area contributed by atoms with E-state index in [2.05, 4.69) is 19.6 Å². The van der Waals surface area contributed by atoms with Crippen LogP contribution < -0.4 is 14.4 Å². The lowest BCUT2D eigenvalue weighted by molar-refractivity contribution is -0.0559. The highest BCUT2D eigenvalue weighted by Crippen LogP contribution is 2.48. The molecule has 2 N–H and O–H groups in total. The topological polar surface area (TPSA) is 122 Å². The SMILES string of the molecule is C[C@@H]1[C@@H](C)C/C=C/[C@](O)(c2ncccn2)[C@@H]2CC[C@H]2CN2CCCCc3cc(Cl)ccc3COc3ccc(cc32)C(=O)NS1(=O)=O. The van der Waals surface area contributed by atoms with Crippen LogP contribution in [0.3, 0.4) is 0 Å². The van der Waals surface area contributed by atoms with Gasteiger partial charge in [0.25, 0.3) is 5.91 Å². The van der Waals surface area contributed by atoms with Gasteiger partial charge in [-0.25, -0.2) is 23.1 Å². The monoisotopic (exact) mass is 664 g/mol. The van der Waals surface area contributed by atoms with Crippen molar-refractivity contribution in [1.82, 2.24) is 14.7 Å². The lowest BCUT2D eigenvalue weighted by Gasteiger charge is -2.47. The second-order valence-electron chi connectivity index (χ2n) is 12.9. The number of aryl methyl sites for hydroxylation is 1. The van der Waals surface area contributed by atoms with Crippen LogP contribution in [0, 0.1) is 17.8 Å². The molecule has 244 valence electrons. The molecule has 2 aliphatic heterocycles. The lowest BCUT2D eigenvalue weighted by atomic mass is 9.64. The maximum Gasteiger partial charge on any atom is 0.264 e. The summed E-state index contributed by atoms with van der Waals surface area (Å²) < 4.78 is 35.5. The van der Waals surface area contributed by atoms with E-state index in [-0.39, 0.29) is 23.3 Å². The summed E-state index contributed by atoms with van der Waals surface area (Å²) >= 11 is 6.34. The summed E-state index contributed by atoms with van der Waals surface area (Å²) in [4.78, 5) is 24.6. The van der Waals surface area contributed by atoms with Crippen molar-refractivity contribution in [2.75, 3.05) is 18.0 Å². The van der Waals surface area contributed by atoms with E-state index in [1.54, 1.807) is 49.7 Å². The Bertz CT molecular complexity index is 1720. The molecule has 3 heterocycles. The van der Waals surface area contributed by atoms with Crippen molar-refractivity contribution in [3.8, 4) is 5.75 Å². The van der Waals surface area contributed by atoms with E-state index in [0.29, 0.717) is 42.7 Å². The summed E-state index contributed by atoms with van der Waals surface area (Å²) in [5, 5.41) is 12.1. The molecule has 1 aromatic heterocycles. The highest BCUT2D eigenvalue weighted by atomic mass is 35.5. The summed E-state index contributed by atoms with van der Waals surface area (Å²) in [6, 6.07) is 12.7. The Balaban J connectivity index is 1.43. The largest absolute Gasteiger partial charge is 0.487 e. The number of hydrogen-bond donors (Lipinski definition) is 2. The molecule has 1 aliphatic carbocycles. The van der Waals surface area contributed by atoms with Gasteiger partial charge in [-0.3, -0.25) is 4.79 Å². The van der Waals surface area contributed by atoms with E-state index < -0.39 is 26.8 Å². The number of sulfonamides is 1. The minimum atomic E-state index is -4.00. The zero-order valence-electron chi connectivity index (χ0n) is 26.2. The second kappa shape index (κ2) is 13.3. The predicted molar refractivity (Wildman–Crippen MR) is 178 cm³/mol. The summed E-state index contributed by atoms with van der Waals surface area (Å²) in [6.45, 7) is 5.04. The molecule has 2 bridgehead atoms. The fraction of sp³-hybridized carbons (Fsp3) is 0.457. The molecule has 3 aromatic rings. The first kappa shape index (κ1) is 32.5. The van der Waals surface area contributed by atoms with Crippen molar-refractivity contribution in [1.29, 1.82) is 0 Å². The number of hydrogen-bond acceptors (Lipinski definition) is 8. The third-order valence-corrected chi connectivity index (χ3v) is 12.2. The van der Waals surface area contributed by atoms with Gasteiger partial charge in [-0.2, -0.15) is 0 Å². The molecule has 9 nitrogen and oxygen atoms in total. The fourth-order valence-corrected chi connectivity index (χ4v) is 8.32. The first-order valence-electron chi connectivity index (χ1n) is 16.1. The Morgan fingerprint density at radius 3 is 2.63 bits per heavy atom. The molecule has 0 spiro atoms. The van der Waals surface area contributed by atoms with Gasteiger partial charge in [0.2, 0.25) is 10.0 Å². The maximum absolute atomic E-state index is 13.4. The van der Waals surface area contributed by atoms with Gasteiger partial charge in [-0.1, -0.05) is 30.7 Å². The average molecular weight is 665 g/mol. The second-order valence-corrected chi connectivity index (χ2v) is 15.4. The lowest BCUT2D eigenvalue weighted by Crippen LogP contribution is -2.49. The number of aromatic nitrogens is 2. The van der Waals surface area contributed by atoms with Crippen LogP contribution in [-0.4, -0.2) is 47.7 Å². The molecular weight excluding hydrogens is 624 g/mol. The molecule has 0 unspecified atom stereocenters. The van der Waals surface area contributed by atoms with Crippen molar-refractivity contribution in [2.24, 2.45) is 17.8 Å². The Morgan fingerprint density at radius 2 is 1.87 bits per heavy atom. The minimum Gasteiger partial charge on any atom is -0.487 e. The van der Waals surface area contributed by atoms with Gasteiger partial charge < -0.3 is 14.7 Å². The van der Waals surface area contributed by atoms with Gasteiger partial charge in [0, 0.05) is 42.0 Å². The van der Waals surface area contributed by atoms with Crippen molar-refractivity contribution in [2.45, 2.75) is 69.8 Å². The maximum atomic E-state index is 13.4. The standard InChI is InChI=1S/C35H41ClN4O5S/c1-23-7-5-15-35(42,34-37-16-6-17-38-34)30-13-10-27(30)21-40-18-4-3-8-25-19-29(36)12-9-28(25)22-45-32-14-11-26(20-31(32)40)33(41)39-46(43,44)24(23)2/h5-6,9,11-12,14-17,19-20,23-24,27,30,42H,3-4,7-8,10,13,18,21-22H2,1-2H3,(H,39,41)/b15-5+/t23-,24+,27-,30+,35+/m0/s1. The number of amides is 1. The number of aliphatic hydroxyl groups is 1. The van der Waals surface area contributed by atoms with E-state index in [9.17, 15) is 18.3 Å². The van der Waals surface area contributed by atoms with Crippen LogP contribution in [0.25, 0.3) is 0 Å². The van der Waals surface area contributed by atoms with Crippen LogP contribution in [0.4, 0.5) is 5.69 Å². The van der Waals surface area contributed by atoms with Gasteiger partial charge in [-0.15, -0.1) is 0 Å². The number of anilines is 1. The van der Waals surface area contributed by atoms with E-state index >= 15 is 0 Å². The molecule has 3 aliphatic rings. The summed E-state index contributed by atoms with van der Waals surface area (Å²) in [5.41, 5.74) is 1.73. The van der Waals surface area contributed by atoms with Crippen LogP contribution >= 0.6 is 11.6 Å². The molecule has 2 aromatic carbocycles. The molecule has 11 heteroatoms. The number of nitrogens with zero attached hydrogens (tertiary/aromatic N) is 3. The Morgan fingerprint density at radius 1 is 1.07 bits per heavy atom. The first-order chi connectivity index (χ1) is 22.0. The van der Waals surface area contributed by atoms with Crippen molar-refractivity contribution in [3.63, 3.8) is 0 Å². The Labute approximate surface area is 276 Å². The third kappa shape index (κ3) is 6.66. The zero-order valence-corrected chi connectivity index (χ0v) is 27.8. The smallest absolute Gasteiger partial charge is 0.264 e. The molecule has 1 fully saturated rings. The third-order valence-electron chi connectivity index (χ3n) is 10.0. The number of halogens is 1. The van der Waals surface area contributed by atoms with Crippen LogP contribution in [0.1, 0.15) is 73.3 Å². The summed E-state index contributed by atoms with van der Waals surface area (Å²) in [6.07, 6.45) is 11.6. The number of rotatable bonds is 1. The first-order valence-corrected chi connectivity index (χ1v) is 18.0. The van der Waals surface area contributed by atoms with E-state index in [1.807, 2.05) is 31.2 Å². The molecule has 46 heavy (non-hydrogen) atoms. The predicted octanol–water partition coefficient (Wildman–Crippen LogP) is 5.81. The molecule has 6 rings (SSSR count). The van der Waals surface area contributed by atoms with Gasteiger partial charge in [0.15, 0.2) is 5.82 Å². The van der Waals surface area contributed by atoms with Crippen LogP contribution in [0.15, 0.2) is 67.0 Å². The number of fused-ring (bicyclic) bond motifs is 3. The molecule has 1 amide bonds.